The van der Waals surface area contributed by atoms with Gasteiger partial charge in [-0.05, 0) is 66.0 Å². The Balaban J connectivity index is 2.51. The normalized spacial score (nSPS) is 10.6. The minimum atomic E-state index is -0.535. The van der Waals surface area contributed by atoms with Gasteiger partial charge in [-0.2, -0.15) is 0 Å². The fourth-order valence-electron chi connectivity index (χ4n) is 1.32. The van der Waals surface area contributed by atoms with E-state index in [0.29, 0.717) is 9.35 Å². The molecule has 1 nitrogen and oxygen atoms in total. The number of benzene rings is 1. The average molecular weight is 443 g/mol. The van der Waals surface area contributed by atoms with E-state index in [1.165, 1.54) is 17.4 Å². The molecule has 1 aromatic heterocycles. The molecule has 2 aromatic rings. The van der Waals surface area contributed by atoms with Crippen molar-refractivity contribution in [2.75, 3.05) is 0 Å². The monoisotopic (exact) mass is 440 g/mol. The zero-order chi connectivity index (χ0) is 12.6. The van der Waals surface area contributed by atoms with Crippen LogP contribution in [0.5, 0.6) is 0 Å². The van der Waals surface area contributed by atoms with E-state index >= 15 is 0 Å². The minimum Gasteiger partial charge on any atom is -0.288 e. The van der Waals surface area contributed by atoms with Crippen LogP contribution in [-0.4, -0.2) is 5.78 Å². The molecule has 0 bridgehead atoms. The summed E-state index contributed by atoms with van der Waals surface area (Å²) in [5.41, 5.74) is 0.518. The van der Waals surface area contributed by atoms with Gasteiger partial charge in [0, 0.05) is 5.56 Å². The second kappa shape index (κ2) is 5.30. The first-order valence-corrected chi connectivity index (χ1v) is 7.64. The van der Waals surface area contributed by atoms with Gasteiger partial charge < -0.3 is 0 Å². The standard InChI is InChI=1S/C11H4Br3FOS/c12-7-3-1-2-5(9(7)15)10(16)6-4-8(13)17-11(6)14/h1-4H. The van der Waals surface area contributed by atoms with Crippen molar-refractivity contribution in [3.8, 4) is 0 Å². The van der Waals surface area contributed by atoms with Crippen molar-refractivity contribution in [3.05, 3.63) is 53.3 Å². The maximum atomic E-state index is 13.8. The summed E-state index contributed by atoms with van der Waals surface area (Å²) in [7, 11) is 0. The number of carbonyl (C=O) groups is 1. The zero-order valence-electron chi connectivity index (χ0n) is 8.14. The molecule has 0 N–H and O–H groups in total. The predicted octanol–water partition coefficient (Wildman–Crippen LogP) is 5.41. The Labute approximate surface area is 126 Å². The smallest absolute Gasteiger partial charge is 0.198 e. The van der Waals surface area contributed by atoms with Crippen LogP contribution in [0.3, 0.4) is 0 Å². The van der Waals surface area contributed by atoms with E-state index in [4.69, 9.17) is 0 Å². The summed E-state index contributed by atoms with van der Waals surface area (Å²) < 4.78 is 15.6. The van der Waals surface area contributed by atoms with Crippen molar-refractivity contribution >= 4 is 64.9 Å². The Morgan fingerprint density at radius 2 is 1.88 bits per heavy atom. The topological polar surface area (TPSA) is 17.1 Å². The van der Waals surface area contributed by atoms with Crippen LogP contribution < -0.4 is 0 Å². The highest BCUT2D eigenvalue weighted by Crippen LogP contribution is 2.34. The van der Waals surface area contributed by atoms with Crippen LogP contribution in [0.15, 0.2) is 36.3 Å². The second-order valence-electron chi connectivity index (χ2n) is 3.17. The highest BCUT2D eigenvalue weighted by Gasteiger charge is 2.19. The molecule has 0 saturated carbocycles. The van der Waals surface area contributed by atoms with E-state index in [9.17, 15) is 9.18 Å². The Hall–Kier alpha value is -0.0400. The molecule has 1 aromatic carbocycles. The third-order valence-electron chi connectivity index (χ3n) is 2.10. The molecule has 6 heteroatoms. The SMILES string of the molecule is O=C(c1cc(Br)sc1Br)c1cccc(Br)c1F. The number of hydrogen-bond acceptors (Lipinski definition) is 2. The van der Waals surface area contributed by atoms with Crippen LogP contribution in [0.4, 0.5) is 4.39 Å². The van der Waals surface area contributed by atoms with Gasteiger partial charge >= 0.3 is 0 Å². The molecule has 0 radical (unpaired) electrons. The number of hydrogen-bond donors (Lipinski definition) is 0. The lowest BCUT2D eigenvalue weighted by atomic mass is 10.1. The third-order valence-corrected chi connectivity index (χ3v) is 5.05. The van der Waals surface area contributed by atoms with Gasteiger partial charge in [-0.15, -0.1) is 11.3 Å². The van der Waals surface area contributed by atoms with Crippen LogP contribution in [0.25, 0.3) is 0 Å². The molecule has 0 spiro atoms. The highest BCUT2D eigenvalue weighted by molar-refractivity contribution is 9.12. The minimum absolute atomic E-state index is 0.0605. The molecule has 0 aliphatic rings. The first-order chi connectivity index (χ1) is 8.00. The molecule has 88 valence electrons. The van der Waals surface area contributed by atoms with Crippen LogP contribution in [0, 0.1) is 5.82 Å². The fraction of sp³-hybridized carbons (Fsp3) is 0. The summed E-state index contributed by atoms with van der Waals surface area (Å²) >= 11 is 11.0. The van der Waals surface area contributed by atoms with Gasteiger partial charge in [-0.1, -0.05) is 6.07 Å². The Bertz CT molecular complexity index is 594. The molecule has 0 aliphatic heterocycles. The lowest BCUT2D eigenvalue weighted by molar-refractivity contribution is 0.103. The second-order valence-corrected chi connectivity index (χ2v) is 7.77. The third kappa shape index (κ3) is 2.70. The van der Waals surface area contributed by atoms with Crippen molar-refractivity contribution in [2.45, 2.75) is 0 Å². The van der Waals surface area contributed by atoms with Gasteiger partial charge in [0.1, 0.15) is 5.82 Å². The Morgan fingerprint density at radius 1 is 1.18 bits per heavy atom. The number of ketones is 1. The number of rotatable bonds is 2. The molecule has 0 amide bonds. The quantitative estimate of drug-likeness (QED) is 0.569. The van der Waals surface area contributed by atoms with E-state index in [-0.39, 0.29) is 15.8 Å². The lowest BCUT2D eigenvalue weighted by Crippen LogP contribution is -2.04. The van der Waals surface area contributed by atoms with Crippen molar-refractivity contribution in [1.82, 2.24) is 0 Å². The molecule has 0 fully saturated rings. The molecule has 0 saturated heterocycles. The summed E-state index contributed by atoms with van der Waals surface area (Å²) in [6.07, 6.45) is 0. The molecule has 2 rings (SSSR count). The van der Waals surface area contributed by atoms with E-state index in [2.05, 4.69) is 47.8 Å². The van der Waals surface area contributed by atoms with Crippen LogP contribution >= 0.6 is 59.1 Å². The van der Waals surface area contributed by atoms with Crippen LogP contribution in [0.2, 0.25) is 0 Å². The van der Waals surface area contributed by atoms with E-state index < -0.39 is 5.82 Å². The van der Waals surface area contributed by atoms with E-state index in [1.807, 2.05) is 0 Å². The van der Waals surface area contributed by atoms with Crippen LogP contribution in [-0.2, 0) is 0 Å². The molecule has 0 atom stereocenters. The molecule has 0 aliphatic carbocycles. The van der Waals surface area contributed by atoms with Crippen LogP contribution in [0.1, 0.15) is 15.9 Å². The molecular formula is C11H4Br3FOS. The summed E-state index contributed by atoms with van der Waals surface area (Å²) in [5.74, 6) is -0.871. The zero-order valence-corrected chi connectivity index (χ0v) is 13.7. The van der Waals surface area contributed by atoms with Gasteiger partial charge in [0.05, 0.1) is 17.6 Å². The van der Waals surface area contributed by atoms with Gasteiger partial charge in [-0.25, -0.2) is 4.39 Å². The summed E-state index contributed by atoms with van der Waals surface area (Å²) in [4.78, 5) is 12.1. The average Bonchev–Trinajstić information content (AvgIpc) is 2.61. The fourth-order valence-corrected chi connectivity index (χ4v) is 4.48. The van der Waals surface area contributed by atoms with E-state index in [1.54, 1.807) is 18.2 Å². The van der Waals surface area contributed by atoms with Gasteiger partial charge in [0.15, 0.2) is 5.78 Å². The number of halogens is 4. The maximum Gasteiger partial charge on any atom is 0.198 e. The van der Waals surface area contributed by atoms with Crippen molar-refractivity contribution in [3.63, 3.8) is 0 Å². The van der Waals surface area contributed by atoms with Gasteiger partial charge in [-0.3, -0.25) is 4.79 Å². The maximum absolute atomic E-state index is 13.8. The predicted molar refractivity (Wildman–Crippen MR) is 77.3 cm³/mol. The first kappa shape index (κ1) is 13.4. The van der Waals surface area contributed by atoms with Gasteiger partial charge in [0.25, 0.3) is 0 Å². The van der Waals surface area contributed by atoms with E-state index in [0.717, 1.165) is 3.79 Å². The summed E-state index contributed by atoms with van der Waals surface area (Å²) in [5, 5.41) is 0. The van der Waals surface area contributed by atoms with Crippen molar-refractivity contribution in [1.29, 1.82) is 0 Å². The lowest BCUT2D eigenvalue weighted by Gasteiger charge is -2.02. The molecule has 1 heterocycles. The molecule has 0 unspecified atom stereocenters. The summed E-state index contributed by atoms with van der Waals surface area (Å²) in [6, 6.07) is 6.35. The van der Waals surface area contributed by atoms with Crippen molar-refractivity contribution in [2.24, 2.45) is 0 Å². The first-order valence-electron chi connectivity index (χ1n) is 4.44. The molecular weight excluding hydrogens is 439 g/mol. The molecule has 17 heavy (non-hydrogen) atoms. The number of thiophene rings is 1. The Kier molecular flexibility index (Phi) is 4.18. The van der Waals surface area contributed by atoms with Gasteiger partial charge in [0.2, 0.25) is 0 Å². The summed E-state index contributed by atoms with van der Waals surface area (Å²) in [6.45, 7) is 0. The highest BCUT2D eigenvalue weighted by atomic mass is 79.9. The number of carbonyl (C=O) groups excluding carboxylic acids is 1. The Morgan fingerprint density at radius 3 is 2.47 bits per heavy atom. The van der Waals surface area contributed by atoms with Crippen molar-refractivity contribution < 1.29 is 9.18 Å². The largest absolute Gasteiger partial charge is 0.288 e.